The molecule has 0 spiro atoms. The Morgan fingerprint density at radius 3 is 2.47 bits per heavy atom. The fourth-order valence-electron chi connectivity index (χ4n) is 2.00. The molecule has 0 unspecified atom stereocenters. The molecule has 0 saturated carbocycles. The van der Waals surface area contributed by atoms with Crippen molar-refractivity contribution in [3.63, 3.8) is 0 Å². The highest BCUT2D eigenvalue weighted by Gasteiger charge is 2.12. The lowest BCUT2D eigenvalue weighted by molar-refractivity contribution is 0.807. The van der Waals surface area contributed by atoms with E-state index in [9.17, 15) is 0 Å². The van der Waals surface area contributed by atoms with Crippen molar-refractivity contribution < 1.29 is 0 Å². The van der Waals surface area contributed by atoms with Gasteiger partial charge in [0.2, 0.25) is 0 Å². The molecule has 0 fully saturated rings. The molecule has 0 radical (unpaired) electrons. The first kappa shape index (κ1) is 13.0. The molecule has 2 N–H and O–H groups in total. The number of hydrogen-bond acceptors (Lipinski definition) is 3. The lowest BCUT2D eigenvalue weighted by Gasteiger charge is -2.12. The van der Waals surface area contributed by atoms with Crippen molar-refractivity contribution in [1.29, 1.82) is 0 Å². The highest BCUT2D eigenvalue weighted by Crippen LogP contribution is 2.27. The van der Waals surface area contributed by atoms with Gasteiger partial charge in [-0.2, -0.15) is 0 Å². The van der Waals surface area contributed by atoms with E-state index in [0.717, 1.165) is 22.8 Å². The number of imidazole rings is 1. The Kier molecular flexibility index (Phi) is 3.48. The van der Waals surface area contributed by atoms with Crippen molar-refractivity contribution in [3.05, 3.63) is 30.1 Å². The van der Waals surface area contributed by atoms with Gasteiger partial charge in [0.05, 0.1) is 6.54 Å². The third-order valence-corrected chi connectivity index (χ3v) is 3.10. The maximum atomic E-state index is 6.11. The second-order valence-corrected chi connectivity index (χ2v) is 4.62. The van der Waals surface area contributed by atoms with Gasteiger partial charge in [-0.15, -0.1) is 6.42 Å². The predicted molar refractivity (Wildman–Crippen MR) is 80.0 cm³/mol. The molecule has 0 bridgehead atoms. The van der Waals surface area contributed by atoms with Gasteiger partial charge in [0, 0.05) is 25.3 Å². The van der Waals surface area contributed by atoms with Gasteiger partial charge in [0.25, 0.3) is 0 Å². The summed E-state index contributed by atoms with van der Waals surface area (Å²) < 4.78 is 1.84. The van der Waals surface area contributed by atoms with Crippen LogP contribution in [0.25, 0.3) is 11.3 Å². The highest BCUT2D eigenvalue weighted by atomic mass is 15.1. The van der Waals surface area contributed by atoms with Gasteiger partial charge in [-0.1, -0.05) is 18.1 Å². The Labute approximate surface area is 113 Å². The lowest BCUT2D eigenvalue weighted by atomic mass is 10.1. The van der Waals surface area contributed by atoms with Crippen molar-refractivity contribution in [2.45, 2.75) is 13.5 Å². The summed E-state index contributed by atoms with van der Waals surface area (Å²) in [7, 11) is 4.02. The summed E-state index contributed by atoms with van der Waals surface area (Å²) in [6, 6.07) is 8.13. The SMILES string of the molecule is C#CCn1c(C)nc(-c2ccc(N(C)C)cc2)c1N. The zero-order valence-corrected chi connectivity index (χ0v) is 11.5. The fraction of sp³-hybridized carbons (Fsp3) is 0.267. The zero-order valence-electron chi connectivity index (χ0n) is 11.5. The van der Waals surface area contributed by atoms with Crippen molar-refractivity contribution in [3.8, 4) is 23.6 Å². The standard InChI is InChI=1S/C15H18N4/c1-5-10-19-11(2)17-14(15(19)16)12-6-8-13(9-7-12)18(3)4/h1,6-9H,10,16H2,2-4H3. The van der Waals surface area contributed by atoms with E-state index in [0.29, 0.717) is 12.4 Å². The summed E-state index contributed by atoms with van der Waals surface area (Å²) >= 11 is 0. The lowest BCUT2D eigenvalue weighted by Crippen LogP contribution is -2.08. The Bertz CT molecular complexity index is 615. The number of aryl methyl sites for hydroxylation is 1. The molecule has 1 aromatic carbocycles. The molecule has 4 nitrogen and oxygen atoms in total. The normalized spacial score (nSPS) is 10.2. The van der Waals surface area contributed by atoms with Gasteiger partial charge in [-0.05, 0) is 19.1 Å². The van der Waals surface area contributed by atoms with E-state index in [1.54, 1.807) is 0 Å². The van der Waals surface area contributed by atoms with E-state index in [1.165, 1.54) is 0 Å². The van der Waals surface area contributed by atoms with Crippen LogP contribution in [-0.4, -0.2) is 23.6 Å². The first-order chi connectivity index (χ1) is 9.04. The van der Waals surface area contributed by atoms with Crippen LogP contribution in [0.2, 0.25) is 0 Å². The number of hydrogen-bond donors (Lipinski definition) is 1. The highest BCUT2D eigenvalue weighted by molar-refractivity contribution is 5.72. The van der Waals surface area contributed by atoms with Gasteiger partial charge in [-0.25, -0.2) is 4.98 Å². The zero-order chi connectivity index (χ0) is 14.0. The number of terminal acetylenes is 1. The van der Waals surface area contributed by atoms with Crippen LogP contribution >= 0.6 is 0 Å². The molecule has 19 heavy (non-hydrogen) atoms. The van der Waals surface area contributed by atoms with E-state index in [1.807, 2.05) is 49.9 Å². The third-order valence-electron chi connectivity index (χ3n) is 3.10. The van der Waals surface area contributed by atoms with E-state index in [2.05, 4.69) is 15.8 Å². The monoisotopic (exact) mass is 254 g/mol. The molecule has 0 saturated heterocycles. The van der Waals surface area contributed by atoms with Crippen molar-refractivity contribution in [2.75, 3.05) is 24.7 Å². The first-order valence-electron chi connectivity index (χ1n) is 6.08. The molecule has 0 aliphatic rings. The third kappa shape index (κ3) is 2.41. The summed E-state index contributed by atoms with van der Waals surface area (Å²) in [5.74, 6) is 4.04. The number of nitrogens with zero attached hydrogens (tertiary/aromatic N) is 3. The average molecular weight is 254 g/mol. The molecule has 4 heteroatoms. The van der Waals surface area contributed by atoms with E-state index in [-0.39, 0.29) is 0 Å². The summed E-state index contributed by atoms with van der Waals surface area (Å²) in [6.07, 6.45) is 5.34. The molecule has 2 aromatic rings. The Morgan fingerprint density at radius 1 is 1.32 bits per heavy atom. The number of rotatable bonds is 3. The van der Waals surface area contributed by atoms with Gasteiger partial charge in [0.15, 0.2) is 0 Å². The molecule has 0 aliphatic carbocycles. The molecule has 2 rings (SSSR count). The summed E-state index contributed by atoms with van der Waals surface area (Å²) in [6.45, 7) is 2.35. The minimum absolute atomic E-state index is 0.445. The quantitative estimate of drug-likeness (QED) is 0.854. The van der Waals surface area contributed by atoms with Gasteiger partial charge in [-0.3, -0.25) is 0 Å². The molecular weight excluding hydrogens is 236 g/mol. The van der Waals surface area contributed by atoms with Crippen molar-refractivity contribution >= 4 is 11.5 Å². The van der Waals surface area contributed by atoms with E-state index in [4.69, 9.17) is 12.2 Å². The Morgan fingerprint density at radius 2 is 1.95 bits per heavy atom. The molecule has 1 aromatic heterocycles. The Hall–Kier alpha value is -2.41. The minimum Gasteiger partial charge on any atom is -0.383 e. The van der Waals surface area contributed by atoms with Crippen molar-refractivity contribution in [2.24, 2.45) is 0 Å². The van der Waals surface area contributed by atoms with E-state index < -0.39 is 0 Å². The van der Waals surface area contributed by atoms with Crippen LogP contribution in [-0.2, 0) is 6.54 Å². The predicted octanol–water partition coefficient (Wildman–Crippen LogP) is 2.14. The van der Waals surface area contributed by atoms with E-state index >= 15 is 0 Å². The molecule has 0 aliphatic heterocycles. The second kappa shape index (κ2) is 5.07. The van der Waals surface area contributed by atoms with Crippen LogP contribution < -0.4 is 10.6 Å². The number of benzene rings is 1. The summed E-state index contributed by atoms with van der Waals surface area (Å²) in [5.41, 5.74) is 9.05. The van der Waals surface area contributed by atoms with Crippen molar-refractivity contribution in [1.82, 2.24) is 9.55 Å². The van der Waals surface area contributed by atoms with Gasteiger partial charge >= 0.3 is 0 Å². The maximum absolute atomic E-state index is 6.11. The van der Waals surface area contributed by atoms with Crippen LogP contribution in [0, 0.1) is 19.3 Å². The number of nitrogens with two attached hydrogens (primary N) is 1. The van der Waals surface area contributed by atoms with Crippen LogP contribution in [0.3, 0.4) is 0 Å². The minimum atomic E-state index is 0.445. The average Bonchev–Trinajstić information content (AvgIpc) is 2.67. The largest absolute Gasteiger partial charge is 0.383 e. The molecule has 98 valence electrons. The van der Waals surface area contributed by atoms with Gasteiger partial charge < -0.3 is 15.2 Å². The molecule has 0 atom stereocenters. The second-order valence-electron chi connectivity index (χ2n) is 4.62. The van der Waals surface area contributed by atoms with Crippen LogP contribution in [0.15, 0.2) is 24.3 Å². The number of aromatic nitrogens is 2. The Balaban J connectivity index is 2.42. The smallest absolute Gasteiger partial charge is 0.132 e. The first-order valence-corrected chi connectivity index (χ1v) is 6.08. The van der Waals surface area contributed by atoms with Crippen LogP contribution in [0.5, 0.6) is 0 Å². The molecule has 0 amide bonds. The maximum Gasteiger partial charge on any atom is 0.132 e. The molecular formula is C15H18N4. The van der Waals surface area contributed by atoms with Gasteiger partial charge in [0.1, 0.15) is 17.3 Å². The fourth-order valence-corrected chi connectivity index (χ4v) is 2.00. The number of anilines is 2. The topological polar surface area (TPSA) is 47.1 Å². The summed E-state index contributed by atoms with van der Waals surface area (Å²) in [5, 5.41) is 0. The summed E-state index contributed by atoms with van der Waals surface area (Å²) in [4.78, 5) is 6.55. The molecule has 1 heterocycles. The number of nitrogen functional groups attached to an aromatic ring is 1. The van der Waals surface area contributed by atoms with Crippen LogP contribution in [0.1, 0.15) is 5.82 Å². The van der Waals surface area contributed by atoms with Crippen LogP contribution in [0.4, 0.5) is 11.5 Å².